The van der Waals surface area contributed by atoms with Crippen molar-refractivity contribution in [1.82, 2.24) is 0 Å². The Hall–Kier alpha value is -1.58. The van der Waals surface area contributed by atoms with E-state index in [1.165, 1.54) is 6.07 Å². The molecule has 2 rings (SSSR count). The largest absolute Gasteiger partial charge is 0.586 e. The Morgan fingerprint density at radius 2 is 2.07 bits per heavy atom. The van der Waals surface area contributed by atoms with Gasteiger partial charge in [-0.25, -0.2) is 0 Å². The first-order chi connectivity index (χ1) is 6.49. The molecule has 0 spiro atoms. The highest BCUT2D eigenvalue weighted by Crippen LogP contribution is 2.44. The highest BCUT2D eigenvalue weighted by atomic mass is 19.3. The van der Waals surface area contributed by atoms with Crippen molar-refractivity contribution in [3.8, 4) is 11.5 Å². The lowest BCUT2D eigenvalue weighted by atomic mass is 10.1. The molecule has 1 aromatic carbocycles. The van der Waals surface area contributed by atoms with Gasteiger partial charge in [-0.15, -0.1) is 8.78 Å². The zero-order chi connectivity index (χ0) is 10.3. The Morgan fingerprint density at radius 3 is 2.71 bits per heavy atom. The van der Waals surface area contributed by atoms with Crippen LogP contribution in [0.15, 0.2) is 24.8 Å². The third-order valence-electron chi connectivity index (χ3n) is 1.89. The molecular weight excluding hydrogens is 190 g/mol. The molecule has 0 atom stereocenters. The molecule has 0 saturated heterocycles. The molecule has 0 aromatic heterocycles. The van der Waals surface area contributed by atoms with Crippen molar-refractivity contribution in [3.05, 3.63) is 30.3 Å². The normalized spacial score (nSPS) is 16.8. The van der Waals surface area contributed by atoms with Gasteiger partial charge in [-0.1, -0.05) is 18.7 Å². The second kappa shape index (κ2) is 2.70. The smallest absolute Gasteiger partial charge is 0.395 e. The second-order valence-electron chi connectivity index (χ2n) is 3.08. The molecule has 0 fully saturated rings. The van der Waals surface area contributed by atoms with Crippen molar-refractivity contribution in [3.63, 3.8) is 0 Å². The van der Waals surface area contributed by atoms with Gasteiger partial charge >= 0.3 is 6.29 Å². The van der Waals surface area contributed by atoms with Crippen molar-refractivity contribution < 1.29 is 18.3 Å². The average Bonchev–Trinajstić information content (AvgIpc) is 2.36. The fourth-order valence-electron chi connectivity index (χ4n) is 1.31. The fourth-order valence-corrected chi connectivity index (χ4v) is 1.31. The number of rotatable bonds is 1. The quantitative estimate of drug-likeness (QED) is 0.690. The van der Waals surface area contributed by atoms with E-state index in [1.54, 1.807) is 19.1 Å². The summed E-state index contributed by atoms with van der Waals surface area (Å²) in [5, 5.41) is 0. The molecule has 0 bridgehead atoms. The molecule has 1 aliphatic heterocycles. The average molecular weight is 198 g/mol. The number of benzene rings is 1. The second-order valence-corrected chi connectivity index (χ2v) is 3.08. The van der Waals surface area contributed by atoms with Crippen LogP contribution in [0, 0.1) is 0 Å². The summed E-state index contributed by atoms with van der Waals surface area (Å²) in [6.07, 6.45) is -3.56. The standard InChI is InChI=1S/C10H8F2O2/c1-6(2)7-4-3-5-8-9(7)14-10(11,12)13-8/h3-5H,1H2,2H3. The van der Waals surface area contributed by atoms with E-state index in [0.29, 0.717) is 11.1 Å². The van der Waals surface area contributed by atoms with Crippen molar-refractivity contribution in [2.75, 3.05) is 0 Å². The van der Waals surface area contributed by atoms with E-state index >= 15 is 0 Å². The molecule has 4 heteroatoms. The summed E-state index contributed by atoms with van der Waals surface area (Å²) in [6, 6.07) is 4.71. The monoisotopic (exact) mass is 198 g/mol. The molecule has 0 amide bonds. The predicted octanol–water partition coefficient (Wildman–Crippen LogP) is 3.04. The zero-order valence-corrected chi connectivity index (χ0v) is 7.51. The zero-order valence-electron chi connectivity index (χ0n) is 7.51. The van der Waals surface area contributed by atoms with Gasteiger partial charge < -0.3 is 9.47 Å². The van der Waals surface area contributed by atoms with Gasteiger partial charge in [-0.3, -0.25) is 0 Å². The Labute approximate surface area is 79.8 Å². The lowest BCUT2D eigenvalue weighted by Gasteiger charge is -2.06. The van der Waals surface area contributed by atoms with E-state index in [4.69, 9.17) is 0 Å². The van der Waals surface area contributed by atoms with Crippen LogP contribution in [0.4, 0.5) is 8.78 Å². The predicted molar refractivity (Wildman–Crippen MR) is 47.4 cm³/mol. The molecule has 1 heterocycles. The van der Waals surface area contributed by atoms with Crippen LogP contribution < -0.4 is 9.47 Å². The van der Waals surface area contributed by atoms with Crippen LogP contribution in [0.1, 0.15) is 12.5 Å². The molecule has 0 N–H and O–H groups in total. The number of alkyl halides is 2. The van der Waals surface area contributed by atoms with Crippen LogP contribution in [0.3, 0.4) is 0 Å². The maximum atomic E-state index is 12.7. The van der Waals surface area contributed by atoms with Crippen molar-refractivity contribution in [1.29, 1.82) is 0 Å². The minimum atomic E-state index is -3.56. The third-order valence-corrected chi connectivity index (χ3v) is 1.89. The number of allylic oxidation sites excluding steroid dienone is 1. The van der Waals surface area contributed by atoms with Crippen molar-refractivity contribution >= 4 is 5.57 Å². The van der Waals surface area contributed by atoms with E-state index in [9.17, 15) is 8.78 Å². The van der Waals surface area contributed by atoms with Crippen LogP contribution in [0.2, 0.25) is 0 Å². The van der Waals surface area contributed by atoms with E-state index in [2.05, 4.69) is 16.1 Å². The summed E-state index contributed by atoms with van der Waals surface area (Å²) in [5.74, 6) is 0.112. The highest BCUT2D eigenvalue weighted by molar-refractivity contribution is 5.70. The van der Waals surface area contributed by atoms with E-state index in [1.807, 2.05) is 0 Å². The Kier molecular flexibility index (Phi) is 1.74. The molecule has 74 valence electrons. The number of fused-ring (bicyclic) bond motifs is 1. The minimum Gasteiger partial charge on any atom is -0.395 e. The summed E-state index contributed by atoms with van der Waals surface area (Å²) < 4.78 is 34.1. The number of hydrogen-bond acceptors (Lipinski definition) is 2. The Balaban J connectivity index is 2.52. The maximum absolute atomic E-state index is 12.7. The molecule has 1 aromatic rings. The van der Waals surface area contributed by atoms with Crippen LogP contribution in [-0.4, -0.2) is 6.29 Å². The highest BCUT2D eigenvalue weighted by Gasteiger charge is 2.44. The number of ether oxygens (including phenoxy) is 2. The Morgan fingerprint density at radius 1 is 1.36 bits per heavy atom. The number of para-hydroxylation sites is 1. The van der Waals surface area contributed by atoms with E-state index < -0.39 is 6.29 Å². The molecule has 2 nitrogen and oxygen atoms in total. The van der Waals surface area contributed by atoms with Crippen LogP contribution in [0.5, 0.6) is 11.5 Å². The van der Waals surface area contributed by atoms with Gasteiger partial charge in [-0.2, -0.15) is 0 Å². The Bertz CT molecular complexity index is 399. The molecule has 0 aliphatic carbocycles. The van der Waals surface area contributed by atoms with Gasteiger partial charge in [0, 0.05) is 5.56 Å². The first-order valence-corrected chi connectivity index (χ1v) is 4.04. The van der Waals surface area contributed by atoms with E-state index in [0.717, 1.165) is 0 Å². The first-order valence-electron chi connectivity index (χ1n) is 4.04. The molecular formula is C10H8F2O2. The van der Waals surface area contributed by atoms with Crippen LogP contribution in [0.25, 0.3) is 5.57 Å². The summed E-state index contributed by atoms with van der Waals surface area (Å²) in [5.41, 5.74) is 1.20. The molecule has 0 radical (unpaired) electrons. The maximum Gasteiger partial charge on any atom is 0.586 e. The van der Waals surface area contributed by atoms with Gasteiger partial charge in [0.05, 0.1) is 0 Å². The SMILES string of the molecule is C=C(C)c1cccc2c1OC(F)(F)O2. The topological polar surface area (TPSA) is 18.5 Å². The van der Waals surface area contributed by atoms with Crippen LogP contribution >= 0.6 is 0 Å². The van der Waals surface area contributed by atoms with Gasteiger partial charge in [0.1, 0.15) is 0 Å². The van der Waals surface area contributed by atoms with Gasteiger partial charge in [0.15, 0.2) is 11.5 Å². The van der Waals surface area contributed by atoms with Gasteiger partial charge in [0.2, 0.25) is 0 Å². The van der Waals surface area contributed by atoms with Gasteiger partial charge in [-0.05, 0) is 18.6 Å². The van der Waals surface area contributed by atoms with Gasteiger partial charge in [0.25, 0.3) is 0 Å². The summed E-state index contributed by atoms with van der Waals surface area (Å²) in [6.45, 7) is 5.39. The lowest BCUT2D eigenvalue weighted by Crippen LogP contribution is -2.26. The minimum absolute atomic E-state index is 0.0514. The lowest BCUT2D eigenvalue weighted by molar-refractivity contribution is -0.286. The van der Waals surface area contributed by atoms with Crippen molar-refractivity contribution in [2.24, 2.45) is 0 Å². The molecule has 0 unspecified atom stereocenters. The summed E-state index contributed by atoms with van der Waals surface area (Å²) in [4.78, 5) is 0. The third kappa shape index (κ3) is 1.32. The molecule has 1 aliphatic rings. The summed E-state index contributed by atoms with van der Waals surface area (Å²) >= 11 is 0. The molecule has 14 heavy (non-hydrogen) atoms. The number of hydrogen-bond donors (Lipinski definition) is 0. The summed E-state index contributed by atoms with van der Waals surface area (Å²) in [7, 11) is 0. The van der Waals surface area contributed by atoms with Crippen molar-refractivity contribution in [2.45, 2.75) is 13.2 Å². The molecule has 0 saturated carbocycles. The van der Waals surface area contributed by atoms with Crippen LogP contribution in [-0.2, 0) is 0 Å². The van der Waals surface area contributed by atoms with E-state index in [-0.39, 0.29) is 11.5 Å². The number of halogens is 2. The first kappa shape index (κ1) is 8.99. The fraction of sp³-hybridized carbons (Fsp3) is 0.200.